The van der Waals surface area contributed by atoms with Crippen LogP contribution in [0, 0.1) is 13.8 Å². The maximum absolute atomic E-state index is 12.0. The van der Waals surface area contributed by atoms with Gasteiger partial charge in [-0.3, -0.25) is 4.79 Å². The van der Waals surface area contributed by atoms with E-state index >= 15 is 0 Å². The Balaban J connectivity index is 2.70. The van der Waals surface area contributed by atoms with Crippen molar-refractivity contribution >= 4 is 28.2 Å². The Hall–Kier alpha value is -1.48. The number of aliphatic hydroxyl groups is 2. The number of hydrogen-bond donors (Lipinski definition) is 4. The topological polar surface area (TPSA) is 112 Å². The van der Waals surface area contributed by atoms with Gasteiger partial charge >= 0.3 is 5.97 Å². The molecule has 124 valence electrons. The van der Waals surface area contributed by atoms with Crippen LogP contribution >= 0.6 is 11.3 Å². The lowest BCUT2D eigenvalue weighted by atomic mass is 10.1. The third-order valence-corrected chi connectivity index (χ3v) is 4.22. The number of esters is 1. The van der Waals surface area contributed by atoms with Gasteiger partial charge in [0.25, 0.3) is 5.91 Å². The lowest BCUT2D eigenvalue weighted by Gasteiger charge is -2.08. The van der Waals surface area contributed by atoms with Gasteiger partial charge < -0.3 is 25.6 Å². The maximum atomic E-state index is 12.0. The van der Waals surface area contributed by atoms with Crippen LogP contribution in [0.25, 0.3) is 0 Å². The zero-order valence-corrected chi connectivity index (χ0v) is 13.8. The first-order valence-corrected chi connectivity index (χ1v) is 7.89. The summed E-state index contributed by atoms with van der Waals surface area (Å²) in [4.78, 5) is 24.8. The smallest absolute Gasteiger partial charge is 0.341 e. The number of nitrogens with one attached hydrogen (secondary N) is 1. The molecule has 7 nitrogen and oxygen atoms in total. The highest BCUT2D eigenvalue weighted by atomic mass is 32.1. The molecule has 0 unspecified atom stereocenters. The third-order valence-electron chi connectivity index (χ3n) is 3.10. The monoisotopic (exact) mass is 331 g/mol. The van der Waals surface area contributed by atoms with Crippen molar-refractivity contribution in [2.45, 2.75) is 26.9 Å². The van der Waals surface area contributed by atoms with Gasteiger partial charge in [-0.1, -0.05) is 0 Å². The van der Waals surface area contributed by atoms with Crippen molar-refractivity contribution in [3.8, 4) is 0 Å². The molecule has 22 heavy (non-hydrogen) atoms. The second-order valence-corrected chi connectivity index (χ2v) is 6.05. The molecule has 1 atom stereocenters. The Morgan fingerprint density at radius 3 is 2.68 bits per heavy atom. The number of rotatable bonds is 8. The predicted molar refractivity (Wildman–Crippen MR) is 83.1 cm³/mol. The number of thiophene rings is 1. The van der Waals surface area contributed by atoms with Crippen LogP contribution in [-0.4, -0.2) is 54.5 Å². The zero-order valence-electron chi connectivity index (χ0n) is 13.0. The molecule has 1 aromatic heterocycles. The maximum Gasteiger partial charge on any atom is 0.341 e. The number of amides is 1. The van der Waals surface area contributed by atoms with Gasteiger partial charge in [0.2, 0.25) is 0 Å². The van der Waals surface area contributed by atoms with E-state index in [-0.39, 0.29) is 32.2 Å². The van der Waals surface area contributed by atoms with E-state index in [9.17, 15) is 14.7 Å². The molecule has 1 heterocycles. The van der Waals surface area contributed by atoms with Crippen LogP contribution in [0.4, 0.5) is 5.00 Å². The molecule has 1 aromatic rings. The molecule has 5 N–H and O–H groups in total. The van der Waals surface area contributed by atoms with E-state index < -0.39 is 12.1 Å². The van der Waals surface area contributed by atoms with Crippen molar-refractivity contribution in [2.24, 2.45) is 0 Å². The first-order valence-electron chi connectivity index (χ1n) is 7.08. The molecule has 1 amide bonds. The van der Waals surface area contributed by atoms with E-state index in [0.717, 1.165) is 10.4 Å². The average Bonchev–Trinajstić information content (AvgIpc) is 2.73. The average molecular weight is 331 g/mol. The van der Waals surface area contributed by atoms with Crippen LogP contribution in [0.2, 0.25) is 0 Å². The Bertz CT molecular complexity index is 530. The Labute approximate surface area is 133 Å². The van der Waals surface area contributed by atoms with Crippen molar-refractivity contribution in [3.05, 3.63) is 16.0 Å². The fourth-order valence-corrected chi connectivity index (χ4v) is 2.89. The second kappa shape index (κ2) is 8.84. The van der Waals surface area contributed by atoms with Gasteiger partial charge in [0.05, 0.1) is 18.8 Å². The van der Waals surface area contributed by atoms with Crippen molar-refractivity contribution < 1.29 is 29.9 Å². The summed E-state index contributed by atoms with van der Waals surface area (Å²) in [6.07, 6.45) is -0.853. The SMILES string of the molecule is CCOC(=O)c1c(NC(=O)C[NH2+]C[C@H](O)CO)sc(C)c1C. The zero-order chi connectivity index (χ0) is 16.7. The van der Waals surface area contributed by atoms with Gasteiger partial charge in [-0.2, -0.15) is 0 Å². The van der Waals surface area contributed by atoms with Crippen LogP contribution in [0.3, 0.4) is 0 Å². The molecular weight excluding hydrogens is 308 g/mol. The fourth-order valence-electron chi connectivity index (χ4n) is 1.82. The summed E-state index contributed by atoms with van der Waals surface area (Å²) < 4.78 is 5.02. The second-order valence-electron chi connectivity index (χ2n) is 4.82. The quantitative estimate of drug-likeness (QED) is 0.475. The van der Waals surface area contributed by atoms with Crippen LogP contribution in [0.5, 0.6) is 0 Å². The molecule has 1 rings (SSSR count). The number of ether oxygens (including phenoxy) is 1. The third kappa shape index (κ3) is 5.06. The lowest BCUT2D eigenvalue weighted by molar-refractivity contribution is -0.650. The molecule has 0 saturated heterocycles. The predicted octanol–water partition coefficient (Wildman–Crippen LogP) is -0.603. The van der Waals surface area contributed by atoms with E-state index in [0.29, 0.717) is 10.6 Å². The molecule has 0 spiro atoms. The van der Waals surface area contributed by atoms with Gasteiger partial charge in [0.15, 0.2) is 6.54 Å². The van der Waals surface area contributed by atoms with Gasteiger partial charge in [-0.05, 0) is 26.3 Å². The molecule has 0 aliphatic carbocycles. The van der Waals surface area contributed by atoms with Gasteiger partial charge in [0, 0.05) is 4.88 Å². The molecule has 0 aromatic carbocycles. The number of aryl methyl sites for hydroxylation is 1. The normalized spacial score (nSPS) is 12.0. The standard InChI is InChI=1S/C14H22N2O5S/c1-4-21-14(20)12-8(2)9(3)22-13(12)16-11(19)6-15-5-10(18)7-17/h10,15,17-18H,4-7H2,1-3H3,(H,16,19)/p+1/t10-/m0/s1. The summed E-state index contributed by atoms with van der Waals surface area (Å²) in [5.74, 6) is -0.726. The number of anilines is 1. The molecule has 0 radical (unpaired) electrons. The lowest BCUT2D eigenvalue weighted by Crippen LogP contribution is -2.88. The van der Waals surface area contributed by atoms with Gasteiger partial charge in [-0.25, -0.2) is 4.79 Å². The minimum atomic E-state index is -0.853. The molecule has 0 bridgehead atoms. The summed E-state index contributed by atoms with van der Waals surface area (Å²) in [7, 11) is 0. The largest absolute Gasteiger partial charge is 0.462 e. The minimum absolute atomic E-state index is 0.0926. The van der Waals surface area contributed by atoms with Crippen molar-refractivity contribution in [2.75, 3.05) is 31.6 Å². The van der Waals surface area contributed by atoms with E-state index in [2.05, 4.69) is 5.32 Å². The van der Waals surface area contributed by atoms with Crippen molar-refractivity contribution in [3.63, 3.8) is 0 Å². The summed E-state index contributed by atoms with van der Waals surface area (Å²) in [6.45, 7) is 5.68. The molecule has 0 saturated carbocycles. The summed E-state index contributed by atoms with van der Waals surface area (Å²) in [6, 6.07) is 0. The number of nitrogens with two attached hydrogens (primary N) is 1. The van der Waals surface area contributed by atoms with Crippen molar-refractivity contribution in [1.82, 2.24) is 0 Å². The number of quaternary nitrogens is 1. The molecule has 0 aliphatic rings. The summed E-state index contributed by atoms with van der Waals surface area (Å²) in [5, 5.41) is 22.7. The Morgan fingerprint density at radius 2 is 2.09 bits per heavy atom. The molecule has 0 aliphatic heterocycles. The van der Waals surface area contributed by atoms with Gasteiger partial charge in [-0.15, -0.1) is 11.3 Å². The van der Waals surface area contributed by atoms with E-state index in [4.69, 9.17) is 9.84 Å². The molecule has 0 fully saturated rings. The Morgan fingerprint density at radius 1 is 1.41 bits per heavy atom. The fraction of sp³-hybridized carbons (Fsp3) is 0.571. The number of carbonyl (C=O) groups excluding carboxylic acids is 2. The summed E-state index contributed by atoms with van der Waals surface area (Å²) in [5.41, 5.74) is 1.20. The summed E-state index contributed by atoms with van der Waals surface area (Å²) >= 11 is 1.33. The number of aliphatic hydroxyl groups excluding tert-OH is 2. The number of hydrogen-bond acceptors (Lipinski definition) is 6. The Kier molecular flexibility index (Phi) is 7.46. The molecular formula is C14H23N2O5S+. The van der Waals surface area contributed by atoms with Crippen LogP contribution in [-0.2, 0) is 9.53 Å². The van der Waals surface area contributed by atoms with Gasteiger partial charge in [0.1, 0.15) is 17.6 Å². The van der Waals surface area contributed by atoms with E-state index in [1.807, 2.05) is 13.8 Å². The molecule has 8 heteroatoms. The first-order chi connectivity index (χ1) is 10.4. The number of carbonyl (C=O) groups is 2. The van der Waals surface area contributed by atoms with Crippen LogP contribution < -0.4 is 10.6 Å². The highest BCUT2D eigenvalue weighted by Crippen LogP contribution is 2.32. The van der Waals surface area contributed by atoms with Crippen molar-refractivity contribution in [1.29, 1.82) is 0 Å². The van der Waals surface area contributed by atoms with E-state index in [1.54, 1.807) is 12.2 Å². The minimum Gasteiger partial charge on any atom is -0.462 e. The highest BCUT2D eigenvalue weighted by molar-refractivity contribution is 7.16. The van der Waals surface area contributed by atoms with Crippen LogP contribution in [0.15, 0.2) is 0 Å². The van der Waals surface area contributed by atoms with E-state index in [1.165, 1.54) is 11.3 Å². The first kappa shape index (κ1) is 18.6. The highest BCUT2D eigenvalue weighted by Gasteiger charge is 2.22. The van der Waals surface area contributed by atoms with Crippen LogP contribution in [0.1, 0.15) is 27.7 Å².